The van der Waals surface area contributed by atoms with Crippen molar-refractivity contribution in [3.05, 3.63) is 23.9 Å². The number of aromatic nitrogens is 3. The molecule has 0 amide bonds. The second-order valence-electron chi connectivity index (χ2n) is 4.01. The van der Waals surface area contributed by atoms with Crippen LogP contribution in [-0.2, 0) is 6.54 Å². The number of benzene rings is 1. The minimum Gasteiger partial charge on any atom is -0.497 e. The summed E-state index contributed by atoms with van der Waals surface area (Å²) in [6, 6.07) is 6.82. The molecule has 8 nitrogen and oxygen atoms in total. The number of carbonyl (C=O) groups is 1. The first kappa shape index (κ1) is 14.3. The molecule has 0 saturated heterocycles. The Bertz CT molecular complexity index is 695. The number of rotatable bonds is 5. The molecule has 0 radical (unpaired) electrons. The van der Waals surface area contributed by atoms with Crippen molar-refractivity contribution in [2.45, 2.75) is 6.54 Å². The van der Waals surface area contributed by atoms with Crippen LogP contribution < -0.4 is 9.47 Å². The number of aromatic carboxylic acids is 1. The second kappa shape index (κ2) is 5.92. The van der Waals surface area contributed by atoms with Gasteiger partial charge in [-0.25, -0.2) is 9.48 Å². The van der Waals surface area contributed by atoms with E-state index in [4.69, 9.17) is 14.7 Å². The van der Waals surface area contributed by atoms with Gasteiger partial charge in [0.1, 0.15) is 23.7 Å². The summed E-state index contributed by atoms with van der Waals surface area (Å²) in [4.78, 5) is 11.3. The van der Waals surface area contributed by atoms with Crippen LogP contribution in [0, 0.1) is 11.3 Å². The highest BCUT2D eigenvalue weighted by atomic mass is 16.5. The molecule has 1 N–H and O–H groups in total. The Hall–Kier alpha value is -3.08. The number of carboxylic acids is 1. The third-order valence-electron chi connectivity index (χ3n) is 2.78. The Labute approximate surface area is 120 Å². The molecule has 21 heavy (non-hydrogen) atoms. The molecule has 1 aromatic heterocycles. The lowest BCUT2D eigenvalue weighted by molar-refractivity contribution is 0.0691. The van der Waals surface area contributed by atoms with Crippen molar-refractivity contribution < 1.29 is 19.4 Å². The zero-order valence-corrected chi connectivity index (χ0v) is 11.4. The maximum Gasteiger partial charge on any atom is 0.358 e. The highest BCUT2D eigenvalue weighted by Gasteiger charge is 2.21. The maximum atomic E-state index is 11.3. The smallest absolute Gasteiger partial charge is 0.358 e. The Morgan fingerprint density at radius 2 is 1.95 bits per heavy atom. The molecule has 0 atom stereocenters. The summed E-state index contributed by atoms with van der Waals surface area (Å²) in [5.41, 5.74) is 0.477. The number of methoxy groups -OCH3 is 2. The SMILES string of the molecule is COc1cc(OC)cc(-c2c(C(=O)O)nnn2CC#N)c1. The molecule has 2 aromatic rings. The van der Waals surface area contributed by atoms with Gasteiger partial charge in [-0.05, 0) is 12.1 Å². The van der Waals surface area contributed by atoms with Gasteiger partial charge in [0.2, 0.25) is 0 Å². The number of carboxylic acid groups (broad SMARTS) is 1. The van der Waals surface area contributed by atoms with E-state index in [2.05, 4.69) is 10.3 Å². The predicted molar refractivity (Wildman–Crippen MR) is 71.1 cm³/mol. The lowest BCUT2D eigenvalue weighted by Crippen LogP contribution is -2.04. The fraction of sp³-hybridized carbons (Fsp3) is 0.231. The summed E-state index contributed by atoms with van der Waals surface area (Å²) in [7, 11) is 2.98. The van der Waals surface area contributed by atoms with Crippen molar-refractivity contribution in [2.75, 3.05) is 14.2 Å². The van der Waals surface area contributed by atoms with Gasteiger partial charge in [0, 0.05) is 11.6 Å². The molecular weight excluding hydrogens is 276 g/mol. The fourth-order valence-corrected chi connectivity index (χ4v) is 1.86. The second-order valence-corrected chi connectivity index (χ2v) is 4.01. The van der Waals surface area contributed by atoms with Gasteiger partial charge >= 0.3 is 5.97 Å². The number of nitrogens with zero attached hydrogens (tertiary/aromatic N) is 4. The van der Waals surface area contributed by atoms with Gasteiger partial charge in [0.05, 0.1) is 20.3 Å². The van der Waals surface area contributed by atoms with E-state index >= 15 is 0 Å². The van der Waals surface area contributed by atoms with Gasteiger partial charge in [-0.15, -0.1) is 5.10 Å². The van der Waals surface area contributed by atoms with Gasteiger partial charge in [-0.2, -0.15) is 5.26 Å². The van der Waals surface area contributed by atoms with Gasteiger partial charge in [-0.3, -0.25) is 0 Å². The van der Waals surface area contributed by atoms with E-state index in [1.165, 1.54) is 18.9 Å². The summed E-state index contributed by atoms with van der Waals surface area (Å²) in [5.74, 6) is -0.244. The fourth-order valence-electron chi connectivity index (χ4n) is 1.86. The van der Waals surface area contributed by atoms with Gasteiger partial charge in [0.25, 0.3) is 0 Å². The van der Waals surface area contributed by atoms with E-state index in [9.17, 15) is 9.90 Å². The van der Waals surface area contributed by atoms with E-state index < -0.39 is 5.97 Å². The summed E-state index contributed by atoms with van der Waals surface area (Å²) in [5, 5.41) is 25.3. The van der Waals surface area contributed by atoms with Crippen LogP contribution in [0.2, 0.25) is 0 Å². The molecule has 1 heterocycles. The molecule has 108 valence electrons. The van der Waals surface area contributed by atoms with E-state index in [0.29, 0.717) is 17.1 Å². The average molecular weight is 288 g/mol. The lowest BCUT2D eigenvalue weighted by atomic mass is 10.1. The number of hydrogen-bond acceptors (Lipinski definition) is 6. The summed E-state index contributed by atoms with van der Waals surface area (Å²) in [6.07, 6.45) is 0. The minimum atomic E-state index is -1.23. The number of ether oxygens (including phenoxy) is 2. The molecule has 8 heteroatoms. The highest BCUT2D eigenvalue weighted by molar-refractivity contribution is 5.93. The van der Waals surface area contributed by atoms with Crippen LogP contribution in [-0.4, -0.2) is 40.3 Å². The highest BCUT2D eigenvalue weighted by Crippen LogP contribution is 2.31. The first-order valence-electron chi connectivity index (χ1n) is 5.88. The van der Waals surface area contributed by atoms with Crippen molar-refractivity contribution in [1.29, 1.82) is 5.26 Å². The normalized spacial score (nSPS) is 9.95. The average Bonchev–Trinajstić information content (AvgIpc) is 2.91. The third kappa shape index (κ3) is 2.76. The molecule has 0 aliphatic heterocycles. The van der Waals surface area contributed by atoms with Crippen LogP contribution >= 0.6 is 0 Å². The van der Waals surface area contributed by atoms with Crippen molar-refractivity contribution >= 4 is 5.97 Å². The molecule has 0 spiro atoms. The Morgan fingerprint density at radius 1 is 1.33 bits per heavy atom. The van der Waals surface area contributed by atoms with Crippen molar-refractivity contribution in [3.63, 3.8) is 0 Å². The number of hydrogen-bond donors (Lipinski definition) is 1. The van der Waals surface area contributed by atoms with Gasteiger partial charge < -0.3 is 14.6 Å². The maximum absolute atomic E-state index is 11.3. The summed E-state index contributed by atoms with van der Waals surface area (Å²) < 4.78 is 11.5. The van der Waals surface area contributed by atoms with E-state index in [1.54, 1.807) is 18.2 Å². The van der Waals surface area contributed by atoms with Crippen LogP contribution in [0.25, 0.3) is 11.3 Å². The van der Waals surface area contributed by atoms with Gasteiger partial charge in [0.15, 0.2) is 5.69 Å². The third-order valence-corrected chi connectivity index (χ3v) is 2.78. The quantitative estimate of drug-likeness (QED) is 0.879. The summed E-state index contributed by atoms with van der Waals surface area (Å²) >= 11 is 0. The zero-order chi connectivity index (χ0) is 15.4. The van der Waals surface area contributed by atoms with Crippen molar-refractivity contribution in [3.8, 4) is 28.8 Å². The Morgan fingerprint density at radius 3 is 2.43 bits per heavy atom. The lowest BCUT2D eigenvalue weighted by Gasteiger charge is -2.09. The van der Waals surface area contributed by atoms with E-state index in [-0.39, 0.29) is 17.9 Å². The van der Waals surface area contributed by atoms with Crippen LogP contribution in [0.15, 0.2) is 18.2 Å². The van der Waals surface area contributed by atoms with Crippen LogP contribution in [0.1, 0.15) is 10.5 Å². The number of nitriles is 1. The molecule has 1 aromatic carbocycles. The van der Waals surface area contributed by atoms with Crippen LogP contribution in [0.5, 0.6) is 11.5 Å². The Balaban J connectivity index is 2.67. The molecular formula is C13H12N4O4. The first-order chi connectivity index (χ1) is 10.1. The van der Waals surface area contributed by atoms with Crippen LogP contribution in [0.3, 0.4) is 0 Å². The standard InChI is InChI=1S/C13H12N4O4/c1-20-9-5-8(6-10(7-9)21-2)12-11(13(18)19)15-16-17(12)4-3-14/h5-7H,4H2,1-2H3,(H,18,19). The Kier molecular flexibility index (Phi) is 4.04. The monoisotopic (exact) mass is 288 g/mol. The zero-order valence-electron chi connectivity index (χ0n) is 11.4. The van der Waals surface area contributed by atoms with Crippen LogP contribution in [0.4, 0.5) is 0 Å². The predicted octanol–water partition coefficient (Wildman–Crippen LogP) is 1.18. The molecule has 0 bridgehead atoms. The topological polar surface area (TPSA) is 110 Å². The van der Waals surface area contributed by atoms with E-state index in [0.717, 1.165) is 0 Å². The molecule has 0 aliphatic carbocycles. The largest absolute Gasteiger partial charge is 0.497 e. The molecule has 2 rings (SSSR count). The first-order valence-corrected chi connectivity index (χ1v) is 5.88. The van der Waals surface area contributed by atoms with E-state index in [1.807, 2.05) is 6.07 Å². The molecule has 0 aliphatic rings. The molecule has 0 saturated carbocycles. The summed E-state index contributed by atoms with van der Waals surface area (Å²) in [6.45, 7) is -0.116. The van der Waals surface area contributed by atoms with Crippen molar-refractivity contribution in [1.82, 2.24) is 15.0 Å². The molecule has 0 fully saturated rings. The van der Waals surface area contributed by atoms with Gasteiger partial charge in [-0.1, -0.05) is 5.21 Å². The van der Waals surface area contributed by atoms with Crippen molar-refractivity contribution in [2.24, 2.45) is 0 Å². The molecule has 0 unspecified atom stereocenters. The minimum absolute atomic E-state index is 0.116.